The molecule has 10 aromatic heterocycles. The topological polar surface area (TPSA) is 139 Å². The van der Waals surface area contributed by atoms with Crippen LogP contribution < -0.4 is 10.4 Å². The average Bonchev–Trinajstić information content (AvgIpc) is 1.56. The van der Waals surface area contributed by atoms with Crippen LogP contribution in [-0.4, -0.2) is 65.2 Å². The maximum Gasteiger partial charge on any atom is 0.216 e. The van der Waals surface area contributed by atoms with E-state index in [9.17, 15) is 8.78 Å². The zero-order valence-corrected chi connectivity index (χ0v) is 91.2. The van der Waals surface area contributed by atoms with Crippen molar-refractivity contribution in [2.75, 3.05) is 0 Å². The molecule has 21 rings (SSSR count). The van der Waals surface area contributed by atoms with Crippen molar-refractivity contribution in [2.24, 2.45) is 11.3 Å². The molecule has 21 aromatic rings. The number of fused-ring (bicyclic) bond motifs is 12. The largest absolute Gasteiger partial charge is 0.486 e. The molecular formula is C124H120F2Ir2N10O2Si2-4. The fourth-order valence-corrected chi connectivity index (χ4v) is 21.9. The number of imidazole rings is 2. The van der Waals surface area contributed by atoms with Gasteiger partial charge in [0.2, 0.25) is 11.4 Å². The van der Waals surface area contributed by atoms with Gasteiger partial charge in [-0.3, -0.25) is 28.7 Å². The van der Waals surface area contributed by atoms with E-state index in [-0.39, 0.29) is 80.2 Å². The van der Waals surface area contributed by atoms with Crippen molar-refractivity contribution in [3.63, 3.8) is 0 Å². The molecule has 0 saturated heterocycles. The molecule has 18 heteroatoms. The number of nitrogens with zero attached hydrogens (tertiary/aromatic N) is 10. The van der Waals surface area contributed by atoms with E-state index in [1.165, 1.54) is 50.8 Å². The van der Waals surface area contributed by atoms with Gasteiger partial charge in [-0.05, 0) is 213 Å². The third-order valence-corrected chi connectivity index (χ3v) is 29.7. The molecule has 142 heavy (non-hydrogen) atoms. The number of aromatic nitrogens is 10. The van der Waals surface area contributed by atoms with Gasteiger partial charge in [0.25, 0.3) is 0 Å². The number of hydrogen-bond acceptors (Lipinski definition) is 10. The third-order valence-electron chi connectivity index (χ3n) is 25.7. The molecule has 0 fully saturated rings. The Morgan fingerprint density at radius 3 is 1.46 bits per heavy atom. The molecule has 0 aliphatic rings. The number of pyridine rings is 6. The maximum absolute atomic E-state index is 14.4. The summed E-state index contributed by atoms with van der Waals surface area (Å²) < 4.78 is 77.7. The fourth-order valence-electron chi connectivity index (χ4n) is 18.7. The van der Waals surface area contributed by atoms with E-state index in [2.05, 4.69) is 299 Å². The van der Waals surface area contributed by atoms with Crippen LogP contribution in [0.5, 0.6) is 0 Å². The number of halogens is 2. The normalized spacial score (nSPS) is 12.6. The first-order valence-corrected chi connectivity index (χ1v) is 55.3. The standard InChI is InChI=1S/C45H43N4O.C38H29N4O.C24H27FNSi.C17H21FNSi.2Ir/c1-26(2)36-23-30(29-13-10-9-11-14-29)24-37(27(3)4)40(36)49-41-34-19-17-28(5)46-38(34)21-22-39(41)48-43(49)35-16-12-15-32-33-20-18-31(25-45(6,7)8)47-44(33)50-42(32)35;1-23-13-18-29-31(39-23)20-21-32-34(29)42(26-16-14-25(15-17-26)24-9-6-5-7-10-24)36(40-32)30-12-8-11-27-28-19-22-33(38(2,3)4)41-37(28)43-35(27)30;1-17(2)13-20-15-23(26-16-24(20)27(3,4)5)19-11-12-22(25)21(14-19)18-9-7-6-8-10-18;1-12(2)15-10-16(13-6-8-14(18)9-7-13)19-11-17(15)20(3,4)5;;/h9-15,17-24,26-27H,25H2,1-8H3;5-11,13-22H,1-4H3;6-10,12,14-17H,13H2,1-5H3;6,8-12H,1-5H3;;/q4*-1;;/i5D3;;;12D;;. The summed E-state index contributed by atoms with van der Waals surface area (Å²) in [5.74, 6) is 1.08. The molecule has 2 radical (unpaired) electrons. The van der Waals surface area contributed by atoms with Crippen LogP contribution in [0, 0.1) is 61.0 Å². The molecule has 0 saturated carbocycles. The minimum absolute atomic E-state index is 0. The van der Waals surface area contributed by atoms with Crippen molar-refractivity contribution in [3.05, 3.63) is 360 Å². The summed E-state index contributed by atoms with van der Waals surface area (Å²) in [4.78, 5) is 39.2. The molecule has 0 spiro atoms. The molecule has 0 unspecified atom stereocenters. The van der Waals surface area contributed by atoms with Gasteiger partial charge in [0.05, 0.1) is 72.1 Å². The molecule has 0 atom stereocenters. The Balaban J connectivity index is 0.000000147. The Kier molecular flexibility index (Phi) is 28.2. The Morgan fingerprint density at radius 1 is 0.437 bits per heavy atom. The van der Waals surface area contributed by atoms with Crippen LogP contribution in [0.2, 0.25) is 39.3 Å². The van der Waals surface area contributed by atoms with E-state index in [4.69, 9.17) is 44.2 Å². The molecule has 0 bridgehead atoms. The first kappa shape index (κ1) is 96.5. The van der Waals surface area contributed by atoms with Gasteiger partial charge in [-0.25, -0.2) is 9.97 Å². The summed E-state index contributed by atoms with van der Waals surface area (Å²) >= 11 is 0. The van der Waals surface area contributed by atoms with Crippen LogP contribution >= 0.6 is 0 Å². The molecule has 0 amide bonds. The van der Waals surface area contributed by atoms with Gasteiger partial charge >= 0.3 is 0 Å². The second-order valence-corrected chi connectivity index (χ2v) is 52.3. The molecule has 12 nitrogen and oxygen atoms in total. The summed E-state index contributed by atoms with van der Waals surface area (Å²) in [7, 11) is -3.05. The number of aryl methyl sites for hydroxylation is 2. The van der Waals surface area contributed by atoms with Crippen LogP contribution in [0.3, 0.4) is 0 Å². The van der Waals surface area contributed by atoms with Crippen molar-refractivity contribution in [3.8, 4) is 90.0 Å². The van der Waals surface area contributed by atoms with Crippen molar-refractivity contribution < 1.29 is 63.3 Å². The van der Waals surface area contributed by atoms with E-state index in [0.717, 1.165) is 174 Å². The van der Waals surface area contributed by atoms with Crippen molar-refractivity contribution in [1.82, 2.24) is 49.0 Å². The molecule has 0 aliphatic carbocycles. The smallest absolute Gasteiger partial charge is 0.216 e. The van der Waals surface area contributed by atoms with Gasteiger partial charge in [0.1, 0.15) is 0 Å². The first-order valence-electron chi connectivity index (χ1n) is 50.3. The van der Waals surface area contributed by atoms with Crippen LogP contribution in [0.1, 0.15) is 165 Å². The van der Waals surface area contributed by atoms with Crippen molar-refractivity contribution in [2.45, 2.75) is 186 Å². The molecule has 0 N–H and O–H groups in total. The van der Waals surface area contributed by atoms with Crippen LogP contribution in [0.4, 0.5) is 8.78 Å². The van der Waals surface area contributed by atoms with Crippen molar-refractivity contribution in [1.29, 1.82) is 0 Å². The quantitative estimate of drug-likeness (QED) is 0.0639. The maximum atomic E-state index is 14.4. The van der Waals surface area contributed by atoms with Gasteiger partial charge < -0.3 is 27.9 Å². The van der Waals surface area contributed by atoms with Gasteiger partial charge in [-0.1, -0.05) is 290 Å². The molecule has 10 heterocycles. The summed E-state index contributed by atoms with van der Waals surface area (Å²) in [5.41, 5.74) is 28.3. The van der Waals surface area contributed by atoms with Gasteiger partial charge in [0.15, 0.2) is 0 Å². The van der Waals surface area contributed by atoms with E-state index in [0.29, 0.717) is 39.8 Å². The minimum Gasteiger partial charge on any atom is -0.486 e. The van der Waals surface area contributed by atoms with Gasteiger partial charge in [-0.15, -0.1) is 90.0 Å². The zero-order valence-electron chi connectivity index (χ0n) is 88.4. The summed E-state index contributed by atoms with van der Waals surface area (Å²) in [5, 5.41) is 8.34. The van der Waals surface area contributed by atoms with Gasteiger partial charge in [0, 0.05) is 131 Å². The Morgan fingerprint density at radius 2 is 0.930 bits per heavy atom. The predicted molar refractivity (Wildman–Crippen MR) is 583 cm³/mol. The second kappa shape index (κ2) is 41.5. The van der Waals surface area contributed by atoms with E-state index >= 15 is 0 Å². The minimum atomic E-state index is -2.33. The molecule has 722 valence electrons. The van der Waals surface area contributed by atoms with E-state index in [1.54, 1.807) is 12.1 Å². The second-order valence-electron chi connectivity index (χ2n) is 42.2. The monoisotopic (exact) mass is 2260 g/mol. The number of rotatable bonds is 17. The average molecular weight is 2270 g/mol. The Hall–Kier alpha value is -13.0. The first-order chi connectivity index (χ1) is 68.4. The fraction of sp³-hybridized carbons (Fsp3) is 0.242. The van der Waals surface area contributed by atoms with E-state index in [1.807, 2.05) is 136 Å². The summed E-state index contributed by atoms with van der Waals surface area (Å²) in [6.07, 6.45) is 5.79. The number of furan rings is 2. The third kappa shape index (κ3) is 21.4. The van der Waals surface area contributed by atoms with Crippen LogP contribution in [0.15, 0.2) is 288 Å². The Labute approximate surface area is 867 Å². The Bertz CT molecular complexity index is 8380. The van der Waals surface area contributed by atoms with Gasteiger partial charge in [-0.2, -0.15) is 0 Å². The zero-order chi connectivity index (χ0) is 102. The SMILES string of the molecule is CC(C)Cc1cc(-c2[c-]cc(F)c(-c3ccccc3)c2)ncc1[Si](C)(C)C.Cc1ccc2c(ccc3nc(-c4[c-]ccc5c4oc4nc(C(C)(C)C)ccc45)n(-c4ccc(-c5ccccc5)cc4)c32)n1.[2H]C(C)(C)c1cc(-c2[c-]cc(F)cc2)ncc1[Si](C)(C)C.[2H]C([2H])([2H])c1ccc2c(ccc3nc(-c4[c-]ccc5c4oc4nc(CC(C)(C)C)ccc45)n(-c4c(C(C)C)cc(-c5ccccc5)cc4C(C)C)c32)n1.[Ir].[Ir]. The predicted octanol–water partition coefficient (Wildman–Crippen LogP) is 32.2. The number of hydrogen-bond donors (Lipinski definition) is 0. The summed E-state index contributed by atoms with van der Waals surface area (Å²) in [6.45, 7) is 43.8. The molecule has 11 aromatic carbocycles. The number of benzene rings is 11. The summed E-state index contributed by atoms with van der Waals surface area (Å²) in [6, 6.07) is 101. The van der Waals surface area contributed by atoms with Crippen LogP contribution in [0.25, 0.3) is 178 Å². The van der Waals surface area contributed by atoms with E-state index < -0.39 is 28.9 Å². The van der Waals surface area contributed by atoms with Crippen molar-refractivity contribution >= 4 is 115 Å². The van der Waals surface area contributed by atoms with Crippen LogP contribution in [-0.2, 0) is 58.5 Å². The molecular weight excluding hydrogens is 2140 g/mol. The molecule has 0 aliphatic heterocycles.